The fourth-order valence-corrected chi connectivity index (χ4v) is 2.33. The predicted octanol–water partition coefficient (Wildman–Crippen LogP) is 2.09. The molecule has 0 aliphatic rings. The molecule has 5 nitrogen and oxygen atoms in total. The van der Waals surface area contributed by atoms with Gasteiger partial charge in [0.15, 0.2) is 0 Å². The van der Waals surface area contributed by atoms with Crippen molar-refractivity contribution in [3.8, 4) is 0 Å². The van der Waals surface area contributed by atoms with Gasteiger partial charge in [-0.25, -0.2) is 0 Å². The number of nitrogens with one attached hydrogen (secondary N) is 1. The molecule has 1 atom stereocenters. The summed E-state index contributed by atoms with van der Waals surface area (Å²) in [4.78, 5) is 11.0. The van der Waals surface area contributed by atoms with E-state index in [1.807, 2.05) is 12.1 Å². The monoisotopic (exact) mass is 320 g/mol. The summed E-state index contributed by atoms with van der Waals surface area (Å²) < 4.78 is 0. The number of hydrogen-bond donors (Lipinski definition) is 2. The first-order valence-corrected chi connectivity index (χ1v) is 8.71. The molecule has 0 aromatic carbocycles. The summed E-state index contributed by atoms with van der Waals surface area (Å²) >= 11 is 0. The van der Waals surface area contributed by atoms with E-state index in [-0.39, 0.29) is 0 Å². The molecule has 23 heavy (non-hydrogen) atoms. The van der Waals surface area contributed by atoms with Crippen LogP contribution in [0.15, 0.2) is 23.3 Å². The van der Waals surface area contributed by atoms with Crippen LogP contribution in [-0.2, 0) is 6.54 Å². The highest BCUT2D eigenvalue weighted by atomic mass is 16.3. The summed E-state index contributed by atoms with van der Waals surface area (Å²) in [6, 6.07) is 3.97. The minimum absolute atomic E-state index is 0.398. The van der Waals surface area contributed by atoms with E-state index in [0.717, 1.165) is 37.4 Å². The Hall–Kier alpha value is -1.30. The van der Waals surface area contributed by atoms with Gasteiger partial charge in [0.2, 0.25) is 0 Å². The van der Waals surface area contributed by atoms with Gasteiger partial charge in [0, 0.05) is 19.0 Å². The van der Waals surface area contributed by atoms with E-state index in [1.54, 1.807) is 19.3 Å². The van der Waals surface area contributed by atoms with Crippen LogP contribution in [0.4, 0.5) is 0 Å². The third kappa shape index (κ3) is 9.43. The first-order chi connectivity index (χ1) is 11.2. The number of unbranched alkanes of at least 4 members (excludes halogenated alkanes) is 1. The Morgan fingerprint density at radius 2 is 2.13 bits per heavy atom. The van der Waals surface area contributed by atoms with E-state index in [1.165, 1.54) is 19.4 Å². The molecule has 1 rings (SSSR count). The molecule has 1 aromatic rings. The van der Waals surface area contributed by atoms with Crippen LogP contribution in [0.5, 0.6) is 0 Å². The predicted molar refractivity (Wildman–Crippen MR) is 97.1 cm³/mol. The number of hydrogen-bond acceptors (Lipinski definition) is 5. The standard InChI is InChI=1S/C18H32N4O/c1-4-22(5-2)11-7-6-9-19-15-18-12-17(8-10-21-18)14-20-13-16(3)23/h8,10,12,14,16,19,23H,4-7,9,11,13,15H2,1-3H3/b20-14+. The van der Waals surface area contributed by atoms with Gasteiger partial charge in [-0.3, -0.25) is 9.98 Å². The van der Waals surface area contributed by atoms with Crippen molar-refractivity contribution in [3.63, 3.8) is 0 Å². The SMILES string of the molecule is CCN(CC)CCCCNCc1cc(/C=N/CC(C)O)ccn1. The molecule has 5 heteroatoms. The highest BCUT2D eigenvalue weighted by Gasteiger charge is 1.99. The Balaban J connectivity index is 2.23. The molecule has 0 amide bonds. The number of rotatable bonds is 12. The molecule has 0 radical (unpaired) electrons. The van der Waals surface area contributed by atoms with Crippen LogP contribution in [0.2, 0.25) is 0 Å². The van der Waals surface area contributed by atoms with Crippen LogP contribution in [0, 0.1) is 0 Å². The number of aromatic nitrogens is 1. The van der Waals surface area contributed by atoms with E-state index < -0.39 is 6.10 Å². The van der Waals surface area contributed by atoms with E-state index in [9.17, 15) is 5.11 Å². The fraction of sp³-hybridized carbons (Fsp3) is 0.667. The van der Waals surface area contributed by atoms with Crippen LogP contribution < -0.4 is 5.32 Å². The van der Waals surface area contributed by atoms with Crippen LogP contribution >= 0.6 is 0 Å². The van der Waals surface area contributed by atoms with E-state index in [4.69, 9.17) is 0 Å². The molecule has 0 saturated heterocycles. The topological polar surface area (TPSA) is 60.8 Å². The van der Waals surface area contributed by atoms with Gasteiger partial charge in [-0.1, -0.05) is 13.8 Å². The van der Waals surface area contributed by atoms with Crippen molar-refractivity contribution in [3.05, 3.63) is 29.6 Å². The number of aliphatic hydroxyl groups excluding tert-OH is 1. The van der Waals surface area contributed by atoms with Gasteiger partial charge in [-0.05, 0) is 63.6 Å². The summed E-state index contributed by atoms with van der Waals surface area (Å²) in [5.74, 6) is 0. The largest absolute Gasteiger partial charge is 0.391 e. The zero-order valence-corrected chi connectivity index (χ0v) is 14.8. The minimum atomic E-state index is -0.398. The van der Waals surface area contributed by atoms with Gasteiger partial charge in [-0.15, -0.1) is 0 Å². The molecule has 1 aromatic heterocycles. The first kappa shape index (κ1) is 19.7. The van der Waals surface area contributed by atoms with Crippen molar-refractivity contribution in [2.45, 2.75) is 46.3 Å². The van der Waals surface area contributed by atoms with Crippen LogP contribution in [-0.4, -0.2) is 60.0 Å². The van der Waals surface area contributed by atoms with Crippen LogP contribution in [0.1, 0.15) is 44.9 Å². The molecular weight excluding hydrogens is 288 g/mol. The average molecular weight is 320 g/mol. The minimum Gasteiger partial charge on any atom is -0.391 e. The molecule has 0 saturated carbocycles. The molecule has 0 fully saturated rings. The van der Waals surface area contributed by atoms with Crippen molar-refractivity contribution < 1.29 is 5.11 Å². The Kier molecular flexibility index (Phi) is 10.4. The Morgan fingerprint density at radius 1 is 1.35 bits per heavy atom. The quantitative estimate of drug-likeness (QED) is 0.457. The number of aliphatic hydroxyl groups is 1. The van der Waals surface area contributed by atoms with Gasteiger partial charge in [0.05, 0.1) is 18.3 Å². The van der Waals surface area contributed by atoms with Crippen molar-refractivity contribution in [1.82, 2.24) is 15.2 Å². The van der Waals surface area contributed by atoms with Gasteiger partial charge in [-0.2, -0.15) is 0 Å². The summed E-state index contributed by atoms with van der Waals surface area (Å²) in [5.41, 5.74) is 2.05. The van der Waals surface area contributed by atoms with Gasteiger partial charge in [0.1, 0.15) is 0 Å². The van der Waals surface area contributed by atoms with Crippen molar-refractivity contribution in [1.29, 1.82) is 0 Å². The zero-order chi connectivity index (χ0) is 16.9. The molecule has 0 bridgehead atoms. The fourth-order valence-electron chi connectivity index (χ4n) is 2.33. The maximum Gasteiger partial charge on any atom is 0.0707 e. The van der Waals surface area contributed by atoms with Crippen LogP contribution in [0.3, 0.4) is 0 Å². The van der Waals surface area contributed by atoms with Gasteiger partial charge >= 0.3 is 0 Å². The summed E-state index contributed by atoms with van der Waals surface area (Å²) in [6.07, 6.45) is 5.62. The summed E-state index contributed by atoms with van der Waals surface area (Å²) in [6.45, 7) is 11.8. The second-order valence-electron chi connectivity index (χ2n) is 5.83. The second kappa shape index (κ2) is 12.2. The van der Waals surface area contributed by atoms with Crippen molar-refractivity contribution in [2.75, 3.05) is 32.7 Å². The smallest absolute Gasteiger partial charge is 0.0707 e. The summed E-state index contributed by atoms with van der Waals surface area (Å²) in [5, 5.41) is 12.6. The molecule has 0 aliphatic heterocycles. The van der Waals surface area contributed by atoms with E-state index in [2.05, 4.69) is 34.0 Å². The van der Waals surface area contributed by atoms with Crippen molar-refractivity contribution >= 4 is 6.21 Å². The lowest BCUT2D eigenvalue weighted by atomic mass is 10.2. The van der Waals surface area contributed by atoms with Gasteiger partial charge in [0.25, 0.3) is 0 Å². The zero-order valence-electron chi connectivity index (χ0n) is 14.8. The summed E-state index contributed by atoms with van der Waals surface area (Å²) in [7, 11) is 0. The molecule has 0 spiro atoms. The maximum atomic E-state index is 9.20. The third-order valence-corrected chi connectivity index (χ3v) is 3.73. The lowest BCUT2D eigenvalue weighted by Gasteiger charge is -2.17. The highest BCUT2D eigenvalue weighted by molar-refractivity contribution is 5.79. The second-order valence-corrected chi connectivity index (χ2v) is 5.83. The Labute approximate surface area is 140 Å². The molecular formula is C18H32N4O. The third-order valence-electron chi connectivity index (χ3n) is 3.73. The van der Waals surface area contributed by atoms with E-state index in [0.29, 0.717) is 6.54 Å². The highest BCUT2D eigenvalue weighted by Crippen LogP contribution is 2.00. The van der Waals surface area contributed by atoms with Crippen LogP contribution in [0.25, 0.3) is 0 Å². The molecule has 130 valence electrons. The lowest BCUT2D eigenvalue weighted by molar-refractivity contribution is 0.204. The van der Waals surface area contributed by atoms with Gasteiger partial charge < -0.3 is 15.3 Å². The molecule has 1 unspecified atom stereocenters. The normalized spacial score (nSPS) is 13.1. The number of pyridine rings is 1. The Bertz CT molecular complexity index is 444. The lowest BCUT2D eigenvalue weighted by Crippen LogP contribution is -2.25. The molecule has 1 heterocycles. The van der Waals surface area contributed by atoms with E-state index >= 15 is 0 Å². The average Bonchev–Trinajstić information content (AvgIpc) is 2.54. The maximum absolute atomic E-state index is 9.20. The molecule has 0 aliphatic carbocycles. The number of aliphatic imine (C=N–C) groups is 1. The Morgan fingerprint density at radius 3 is 2.83 bits per heavy atom. The first-order valence-electron chi connectivity index (χ1n) is 8.71. The molecule has 2 N–H and O–H groups in total. The van der Waals surface area contributed by atoms with Crippen molar-refractivity contribution in [2.24, 2.45) is 4.99 Å². The number of nitrogens with zero attached hydrogens (tertiary/aromatic N) is 3.